The Hall–Kier alpha value is -1.75. The van der Waals surface area contributed by atoms with Crippen molar-refractivity contribution in [3.8, 4) is 11.5 Å². The lowest BCUT2D eigenvalue weighted by molar-refractivity contribution is -0.902. The fourth-order valence-corrected chi connectivity index (χ4v) is 4.44. The molecule has 2 N–H and O–H groups in total. The fourth-order valence-electron chi connectivity index (χ4n) is 4.44. The molecule has 0 radical (unpaired) electrons. The van der Waals surface area contributed by atoms with Gasteiger partial charge in [-0.3, -0.25) is 4.79 Å². The Morgan fingerprint density at radius 1 is 1.12 bits per heavy atom. The topological polar surface area (TPSA) is 52.0 Å². The molecule has 1 unspecified atom stereocenters. The smallest absolute Gasteiger partial charge is 0.275 e. The second-order valence-corrected chi connectivity index (χ2v) is 7.44. The molecule has 2 aliphatic rings. The maximum atomic E-state index is 12.3. The highest BCUT2D eigenvalue weighted by Gasteiger charge is 2.34. The number of nitrogens with one attached hydrogen (secondary N) is 2. The van der Waals surface area contributed by atoms with Crippen LogP contribution in [-0.2, 0) is 11.3 Å². The number of methoxy groups -OCH3 is 2. The lowest BCUT2D eigenvalue weighted by Gasteiger charge is -2.38. The van der Waals surface area contributed by atoms with Crippen LogP contribution in [-0.4, -0.2) is 39.8 Å². The molecular formula is C20H31N2O3+. The average Bonchev–Trinajstić information content (AvgIpc) is 2.66. The number of benzene rings is 1. The van der Waals surface area contributed by atoms with E-state index in [2.05, 4.69) is 5.32 Å². The van der Waals surface area contributed by atoms with Crippen molar-refractivity contribution in [1.29, 1.82) is 0 Å². The number of rotatable bonds is 6. The summed E-state index contributed by atoms with van der Waals surface area (Å²) in [6.07, 6.45) is 6.84. The van der Waals surface area contributed by atoms with Crippen LogP contribution in [0.4, 0.5) is 0 Å². The molecule has 5 heteroatoms. The largest absolute Gasteiger partial charge is 0.493 e. The maximum absolute atomic E-state index is 12.3. The first-order valence-electron chi connectivity index (χ1n) is 9.50. The van der Waals surface area contributed by atoms with E-state index in [9.17, 15) is 4.79 Å². The maximum Gasteiger partial charge on any atom is 0.275 e. The molecule has 138 valence electrons. The number of ether oxygens (including phenoxy) is 2. The van der Waals surface area contributed by atoms with Gasteiger partial charge in [-0.2, -0.15) is 0 Å². The molecule has 1 aromatic rings. The predicted molar refractivity (Wildman–Crippen MR) is 97.0 cm³/mol. The van der Waals surface area contributed by atoms with E-state index in [-0.39, 0.29) is 5.91 Å². The summed E-state index contributed by atoms with van der Waals surface area (Å²) in [5, 5.41) is 3.05. The molecule has 0 bridgehead atoms. The Kier molecular flexibility index (Phi) is 6.19. The number of fused-ring (bicyclic) bond motifs is 1. The van der Waals surface area contributed by atoms with Gasteiger partial charge in [0.15, 0.2) is 18.0 Å². The van der Waals surface area contributed by atoms with Gasteiger partial charge in [0.25, 0.3) is 5.91 Å². The SMILES string of the molecule is COc1ccc(CNC(=O)C[NH+]2CC[C@H]3CCCC[C@@H]3C2)cc1OC. The summed E-state index contributed by atoms with van der Waals surface area (Å²) in [6, 6.07) is 5.75. The van der Waals surface area contributed by atoms with Gasteiger partial charge in [-0.05, 0) is 42.9 Å². The van der Waals surface area contributed by atoms with E-state index in [1.165, 1.54) is 43.5 Å². The first-order chi connectivity index (χ1) is 12.2. The van der Waals surface area contributed by atoms with Crippen molar-refractivity contribution in [2.45, 2.75) is 38.6 Å². The van der Waals surface area contributed by atoms with E-state index < -0.39 is 0 Å². The molecule has 2 fully saturated rings. The fraction of sp³-hybridized carbons (Fsp3) is 0.650. The van der Waals surface area contributed by atoms with Crippen LogP contribution in [0.1, 0.15) is 37.7 Å². The highest BCUT2D eigenvalue weighted by molar-refractivity contribution is 5.76. The Bertz CT molecular complexity index is 590. The quantitative estimate of drug-likeness (QED) is 0.818. The molecule has 1 aliphatic heterocycles. The molecule has 25 heavy (non-hydrogen) atoms. The van der Waals surface area contributed by atoms with Gasteiger partial charge in [0, 0.05) is 12.5 Å². The van der Waals surface area contributed by atoms with Crippen LogP contribution in [0.3, 0.4) is 0 Å². The molecule has 0 aromatic heterocycles. The third kappa shape index (κ3) is 4.66. The minimum absolute atomic E-state index is 0.138. The molecule has 0 spiro atoms. The monoisotopic (exact) mass is 347 g/mol. The van der Waals surface area contributed by atoms with Crippen LogP contribution in [0.25, 0.3) is 0 Å². The molecule has 3 rings (SSSR count). The summed E-state index contributed by atoms with van der Waals surface area (Å²) in [7, 11) is 3.25. The van der Waals surface area contributed by atoms with E-state index in [1.807, 2.05) is 18.2 Å². The van der Waals surface area contributed by atoms with E-state index >= 15 is 0 Å². The molecule has 1 amide bonds. The van der Waals surface area contributed by atoms with Crippen LogP contribution in [0, 0.1) is 11.8 Å². The molecular weight excluding hydrogens is 316 g/mol. The molecule has 1 heterocycles. The minimum atomic E-state index is 0.138. The van der Waals surface area contributed by atoms with Crippen molar-refractivity contribution >= 4 is 5.91 Å². The van der Waals surface area contributed by atoms with E-state index in [0.29, 0.717) is 24.6 Å². The molecule has 1 aromatic carbocycles. The van der Waals surface area contributed by atoms with Crippen LogP contribution in [0.5, 0.6) is 11.5 Å². The molecule has 1 saturated carbocycles. The highest BCUT2D eigenvalue weighted by Crippen LogP contribution is 2.32. The van der Waals surface area contributed by atoms with Crippen molar-refractivity contribution in [3.05, 3.63) is 23.8 Å². The van der Waals surface area contributed by atoms with E-state index in [4.69, 9.17) is 9.47 Å². The Labute approximate surface area is 150 Å². The molecule has 1 aliphatic carbocycles. The van der Waals surface area contributed by atoms with Gasteiger partial charge in [0.05, 0.1) is 27.3 Å². The third-order valence-electron chi connectivity index (χ3n) is 5.83. The van der Waals surface area contributed by atoms with Crippen molar-refractivity contribution in [2.75, 3.05) is 33.9 Å². The number of hydrogen-bond acceptors (Lipinski definition) is 3. The van der Waals surface area contributed by atoms with Crippen molar-refractivity contribution in [1.82, 2.24) is 5.32 Å². The summed E-state index contributed by atoms with van der Waals surface area (Å²) in [4.78, 5) is 13.8. The lowest BCUT2D eigenvalue weighted by atomic mass is 9.75. The molecule has 3 atom stereocenters. The van der Waals surface area contributed by atoms with Gasteiger partial charge in [-0.1, -0.05) is 18.9 Å². The Morgan fingerprint density at radius 2 is 1.88 bits per heavy atom. The molecule has 5 nitrogen and oxygen atoms in total. The second kappa shape index (κ2) is 8.56. The number of carbonyl (C=O) groups is 1. The standard InChI is InChI=1S/C20H30N2O3/c1-24-18-8-7-15(11-19(18)25-2)12-21-20(23)14-22-10-9-16-5-3-4-6-17(16)13-22/h7-8,11,16-17H,3-6,9-10,12-14H2,1-2H3,(H,21,23)/p+1/t16-,17-/m1/s1. The van der Waals surface area contributed by atoms with Crippen molar-refractivity contribution < 1.29 is 19.2 Å². The zero-order valence-electron chi connectivity index (χ0n) is 15.5. The number of likely N-dealkylation sites (tertiary alicyclic amines) is 1. The van der Waals surface area contributed by atoms with E-state index in [0.717, 1.165) is 23.9 Å². The van der Waals surface area contributed by atoms with Crippen molar-refractivity contribution in [2.24, 2.45) is 11.8 Å². The number of piperidine rings is 1. The second-order valence-electron chi connectivity index (χ2n) is 7.44. The van der Waals surface area contributed by atoms with Crippen LogP contribution in [0.15, 0.2) is 18.2 Å². The summed E-state index contributed by atoms with van der Waals surface area (Å²) in [5.41, 5.74) is 1.02. The van der Waals surface area contributed by atoms with E-state index in [1.54, 1.807) is 14.2 Å². The number of amides is 1. The minimum Gasteiger partial charge on any atom is -0.493 e. The van der Waals surface area contributed by atoms with Gasteiger partial charge in [-0.25, -0.2) is 0 Å². The normalized spacial score (nSPS) is 25.8. The summed E-state index contributed by atoms with van der Waals surface area (Å²) in [5.74, 6) is 3.30. The van der Waals surface area contributed by atoms with Crippen LogP contribution >= 0.6 is 0 Å². The molecule has 1 saturated heterocycles. The number of hydrogen-bond donors (Lipinski definition) is 2. The van der Waals surface area contributed by atoms with Crippen LogP contribution < -0.4 is 19.7 Å². The van der Waals surface area contributed by atoms with Gasteiger partial charge >= 0.3 is 0 Å². The zero-order chi connectivity index (χ0) is 17.6. The first kappa shape index (κ1) is 18.1. The van der Waals surface area contributed by atoms with Gasteiger partial charge in [0.2, 0.25) is 0 Å². The summed E-state index contributed by atoms with van der Waals surface area (Å²) < 4.78 is 10.6. The third-order valence-corrected chi connectivity index (χ3v) is 5.83. The predicted octanol–water partition coefficient (Wildman–Crippen LogP) is 1.41. The number of carbonyl (C=O) groups excluding carboxylic acids is 1. The van der Waals surface area contributed by atoms with Gasteiger partial charge < -0.3 is 19.7 Å². The Balaban J connectivity index is 1.46. The average molecular weight is 347 g/mol. The van der Waals surface area contributed by atoms with Crippen molar-refractivity contribution in [3.63, 3.8) is 0 Å². The Morgan fingerprint density at radius 3 is 2.64 bits per heavy atom. The highest BCUT2D eigenvalue weighted by atomic mass is 16.5. The summed E-state index contributed by atoms with van der Waals surface area (Å²) in [6.45, 7) is 3.44. The number of quaternary nitrogens is 1. The lowest BCUT2D eigenvalue weighted by Crippen LogP contribution is -3.15. The zero-order valence-corrected chi connectivity index (χ0v) is 15.5. The van der Waals surface area contributed by atoms with Crippen LogP contribution in [0.2, 0.25) is 0 Å². The summed E-state index contributed by atoms with van der Waals surface area (Å²) >= 11 is 0. The van der Waals surface area contributed by atoms with Gasteiger partial charge in [0.1, 0.15) is 0 Å². The first-order valence-corrected chi connectivity index (χ1v) is 9.50. The van der Waals surface area contributed by atoms with Gasteiger partial charge in [-0.15, -0.1) is 0 Å².